The van der Waals surface area contributed by atoms with Crippen LogP contribution >= 0.6 is 0 Å². The minimum absolute atomic E-state index is 0.0597. The number of aliphatic carboxylic acids is 2. The Hall–Kier alpha value is -3.73. The molecule has 0 aromatic heterocycles. The summed E-state index contributed by atoms with van der Waals surface area (Å²) in [7, 11) is 0. The number of carboxylic acids is 2. The van der Waals surface area contributed by atoms with E-state index in [-0.39, 0.29) is 12.0 Å². The number of carboxylic acid groups (broad SMARTS) is 2. The predicted molar refractivity (Wildman–Crippen MR) is 109 cm³/mol. The van der Waals surface area contributed by atoms with Crippen molar-refractivity contribution in [1.82, 2.24) is 0 Å². The van der Waals surface area contributed by atoms with Gasteiger partial charge in [-0.1, -0.05) is 79.4 Å². The first-order valence-corrected chi connectivity index (χ1v) is 9.52. The minimum Gasteiger partial charge on any atom is -0.549 e. The molecule has 1 unspecified atom stereocenters. The van der Waals surface area contributed by atoms with Crippen LogP contribution in [0.5, 0.6) is 0 Å². The molecule has 0 amide bonds. The van der Waals surface area contributed by atoms with Gasteiger partial charge in [0.15, 0.2) is 0 Å². The average molecular weight is 400 g/mol. The quantitative estimate of drug-likeness (QED) is 0.510. The number of carbonyl (C=O) groups is 3. The van der Waals surface area contributed by atoms with Gasteiger partial charge in [-0.25, -0.2) is 0 Å². The molecule has 5 heteroatoms. The Labute approximate surface area is 174 Å². The predicted octanol–water partition coefficient (Wildman–Crippen LogP) is 1.73. The van der Waals surface area contributed by atoms with Crippen molar-refractivity contribution in [1.29, 1.82) is 0 Å². The Morgan fingerprint density at radius 2 is 1.47 bits per heavy atom. The molecule has 0 aliphatic rings. The third-order valence-electron chi connectivity index (χ3n) is 5.36. The van der Waals surface area contributed by atoms with Crippen molar-refractivity contribution in [3.8, 4) is 0 Å². The molecule has 0 bridgehead atoms. The van der Waals surface area contributed by atoms with Crippen molar-refractivity contribution >= 4 is 28.5 Å². The summed E-state index contributed by atoms with van der Waals surface area (Å²) in [6.07, 6.45) is -0.108. The summed E-state index contributed by atoms with van der Waals surface area (Å²) in [4.78, 5) is 36.9. The largest absolute Gasteiger partial charge is 0.549 e. The number of ketones is 1. The zero-order valence-electron chi connectivity index (χ0n) is 16.3. The second-order valence-electron chi connectivity index (χ2n) is 7.19. The normalized spacial score (nSPS) is 12.8. The molecule has 0 radical (unpaired) electrons. The lowest BCUT2D eigenvalue weighted by atomic mass is 9.69. The fourth-order valence-electron chi connectivity index (χ4n) is 3.75. The van der Waals surface area contributed by atoms with Gasteiger partial charge in [-0.05, 0) is 33.9 Å². The van der Waals surface area contributed by atoms with Crippen LogP contribution in [-0.4, -0.2) is 17.7 Å². The van der Waals surface area contributed by atoms with E-state index in [1.54, 1.807) is 36.4 Å². The van der Waals surface area contributed by atoms with Crippen LogP contribution in [0.2, 0.25) is 0 Å². The highest BCUT2D eigenvalue weighted by Gasteiger charge is 2.40. The van der Waals surface area contributed by atoms with Crippen LogP contribution in [0.15, 0.2) is 84.9 Å². The first-order valence-electron chi connectivity index (χ1n) is 9.52. The van der Waals surface area contributed by atoms with Gasteiger partial charge in [0.2, 0.25) is 0 Å². The number of rotatable bonds is 9. The molecule has 5 nitrogen and oxygen atoms in total. The number of benzene rings is 3. The van der Waals surface area contributed by atoms with Crippen molar-refractivity contribution < 1.29 is 24.6 Å². The van der Waals surface area contributed by atoms with E-state index in [9.17, 15) is 24.6 Å². The van der Waals surface area contributed by atoms with Crippen LogP contribution in [0.25, 0.3) is 10.8 Å². The van der Waals surface area contributed by atoms with Crippen molar-refractivity contribution in [2.75, 3.05) is 0 Å². The van der Waals surface area contributed by atoms with E-state index in [1.165, 1.54) is 6.07 Å². The molecular weight excluding hydrogens is 380 g/mol. The lowest BCUT2D eigenvalue weighted by Gasteiger charge is -2.38. The fraction of sp³-hybridized carbons (Fsp3) is 0.160. The maximum absolute atomic E-state index is 12.8. The minimum atomic E-state index is -2.23. The summed E-state index contributed by atoms with van der Waals surface area (Å²) in [5.74, 6) is -3.83. The molecule has 30 heavy (non-hydrogen) atoms. The van der Waals surface area contributed by atoms with E-state index in [1.807, 2.05) is 30.3 Å². The van der Waals surface area contributed by atoms with Gasteiger partial charge in [-0.15, -0.1) is 0 Å². The Morgan fingerprint density at radius 1 is 0.833 bits per heavy atom. The highest BCUT2D eigenvalue weighted by atomic mass is 16.4. The van der Waals surface area contributed by atoms with Gasteiger partial charge in [-0.2, -0.15) is 0 Å². The summed E-state index contributed by atoms with van der Waals surface area (Å²) >= 11 is 0. The maximum Gasteiger partial charge on any atom is 0.134 e. The van der Waals surface area contributed by atoms with E-state index in [4.69, 9.17) is 0 Å². The lowest BCUT2D eigenvalue weighted by Crippen LogP contribution is -2.52. The van der Waals surface area contributed by atoms with Crippen LogP contribution in [-0.2, 0) is 26.2 Å². The molecule has 3 rings (SSSR count). The van der Waals surface area contributed by atoms with E-state index < -0.39 is 35.1 Å². The Morgan fingerprint density at radius 3 is 2.13 bits per heavy atom. The summed E-state index contributed by atoms with van der Waals surface area (Å²) < 4.78 is 0. The number of hydrogen-bond donors (Lipinski definition) is 0. The van der Waals surface area contributed by atoms with Crippen LogP contribution in [0.1, 0.15) is 24.0 Å². The van der Waals surface area contributed by atoms with Crippen LogP contribution in [0.3, 0.4) is 0 Å². The lowest BCUT2D eigenvalue weighted by molar-refractivity contribution is -0.317. The third kappa shape index (κ3) is 4.01. The Bertz CT molecular complexity index is 1110. The van der Waals surface area contributed by atoms with E-state index in [2.05, 4.69) is 6.58 Å². The maximum atomic E-state index is 12.8. The summed E-state index contributed by atoms with van der Waals surface area (Å²) in [6, 6.07) is 21.1. The van der Waals surface area contributed by atoms with E-state index >= 15 is 0 Å². The van der Waals surface area contributed by atoms with E-state index in [0.717, 1.165) is 5.56 Å². The molecule has 0 aliphatic heterocycles. The molecule has 0 aliphatic carbocycles. The third-order valence-corrected chi connectivity index (χ3v) is 5.36. The molecule has 0 N–H and O–H groups in total. The van der Waals surface area contributed by atoms with Crippen molar-refractivity contribution in [3.63, 3.8) is 0 Å². The second-order valence-corrected chi connectivity index (χ2v) is 7.19. The number of aryl methyl sites for hydroxylation is 1. The number of Topliss-reactive ketones (excluding diaryl/α,β-unsaturated/α-hetero) is 1. The summed E-state index contributed by atoms with van der Waals surface area (Å²) in [6.45, 7) is 3.47. The number of fused-ring (bicyclic) bond motifs is 1. The van der Waals surface area contributed by atoms with Gasteiger partial charge in [0, 0.05) is 12.8 Å². The molecule has 3 aromatic carbocycles. The summed E-state index contributed by atoms with van der Waals surface area (Å²) in [5.41, 5.74) is -1.85. The molecule has 0 spiro atoms. The first kappa shape index (κ1) is 21.0. The molecule has 0 saturated heterocycles. The zero-order chi connectivity index (χ0) is 21.7. The van der Waals surface area contributed by atoms with Gasteiger partial charge in [-0.3, -0.25) is 4.79 Å². The number of hydrogen-bond acceptors (Lipinski definition) is 5. The van der Waals surface area contributed by atoms with Crippen molar-refractivity contribution in [2.24, 2.45) is 0 Å². The van der Waals surface area contributed by atoms with Crippen LogP contribution < -0.4 is 10.2 Å². The van der Waals surface area contributed by atoms with Gasteiger partial charge in [0.1, 0.15) is 5.78 Å². The smallest absolute Gasteiger partial charge is 0.134 e. The molecular formula is C25H20O5-2. The van der Waals surface area contributed by atoms with Crippen molar-refractivity contribution in [3.05, 3.63) is 96.1 Å². The molecule has 0 saturated carbocycles. The molecule has 1 atom stereocenters. The van der Waals surface area contributed by atoms with Gasteiger partial charge in [0.05, 0.1) is 17.4 Å². The second kappa shape index (κ2) is 8.74. The monoisotopic (exact) mass is 400 g/mol. The SMILES string of the molecule is C=C(C(=O)[O-])C(CC(=O)CCc1ccccc1)(C(=O)[O-])c1cccc2ccccc12. The zero-order valence-corrected chi connectivity index (χ0v) is 16.3. The molecule has 152 valence electrons. The van der Waals surface area contributed by atoms with Crippen molar-refractivity contribution in [2.45, 2.75) is 24.7 Å². The topological polar surface area (TPSA) is 97.3 Å². The average Bonchev–Trinajstić information content (AvgIpc) is 2.75. The highest BCUT2D eigenvalue weighted by molar-refractivity contribution is 6.05. The van der Waals surface area contributed by atoms with Gasteiger partial charge >= 0.3 is 0 Å². The molecule has 0 heterocycles. The van der Waals surface area contributed by atoms with Crippen LogP contribution in [0, 0.1) is 0 Å². The molecule has 0 fully saturated rings. The molecule has 3 aromatic rings. The van der Waals surface area contributed by atoms with Gasteiger partial charge < -0.3 is 19.8 Å². The fourth-order valence-corrected chi connectivity index (χ4v) is 3.75. The standard InChI is InChI=1S/C25H22O5/c1-17(23(27)28)25(24(29)30,16-20(26)15-14-18-8-3-2-4-9-18)22-13-7-11-19-10-5-6-12-21(19)22/h2-13H,1,14-16H2,(H,27,28)(H,29,30)/p-2. The Balaban J connectivity index is 2.06. The summed E-state index contributed by atoms with van der Waals surface area (Å²) in [5, 5.41) is 25.3. The van der Waals surface area contributed by atoms with Gasteiger partial charge in [0.25, 0.3) is 0 Å². The Kier molecular flexibility index (Phi) is 6.11. The van der Waals surface area contributed by atoms with E-state index in [0.29, 0.717) is 17.2 Å². The first-order chi connectivity index (χ1) is 14.4. The highest BCUT2D eigenvalue weighted by Crippen LogP contribution is 2.39. The van der Waals surface area contributed by atoms with Crippen LogP contribution in [0.4, 0.5) is 0 Å². The number of carbonyl (C=O) groups excluding carboxylic acids is 3.